The van der Waals surface area contributed by atoms with E-state index in [-0.39, 0.29) is 0 Å². The molecule has 3 aromatic rings. The van der Waals surface area contributed by atoms with Gasteiger partial charge in [0.25, 0.3) is 0 Å². The zero-order valence-electron chi connectivity index (χ0n) is 12.3. The summed E-state index contributed by atoms with van der Waals surface area (Å²) >= 11 is 1.69. The van der Waals surface area contributed by atoms with Gasteiger partial charge in [-0.05, 0) is 31.5 Å². The van der Waals surface area contributed by atoms with E-state index in [2.05, 4.69) is 72.3 Å². The second-order valence-corrected chi connectivity index (χ2v) is 5.80. The van der Waals surface area contributed by atoms with Crippen LogP contribution < -0.4 is 4.80 Å². The van der Waals surface area contributed by atoms with Crippen LogP contribution in [0.3, 0.4) is 0 Å². The Morgan fingerprint density at radius 2 is 1.71 bits per heavy atom. The molecule has 3 heteroatoms. The maximum Gasteiger partial charge on any atom is 0.190 e. The monoisotopic (exact) mass is 294 g/mol. The van der Waals surface area contributed by atoms with Crippen molar-refractivity contribution in [1.82, 2.24) is 4.57 Å². The number of aromatic nitrogens is 1. The van der Waals surface area contributed by atoms with Crippen molar-refractivity contribution >= 4 is 17.0 Å². The van der Waals surface area contributed by atoms with Crippen LogP contribution in [0.4, 0.5) is 5.69 Å². The molecule has 0 aliphatic carbocycles. The van der Waals surface area contributed by atoms with Gasteiger partial charge in [0.2, 0.25) is 0 Å². The van der Waals surface area contributed by atoms with Gasteiger partial charge in [0, 0.05) is 11.9 Å². The number of hydrogen-bond donors (Lipinski definition) is 0. The van der Waals surface area contributed by atoms with Crippen LogP contribution in [0.15, 0.2) is 65.0 Å². The van der Waals surface area contributed by atoms with Gasteiger partial charge < -0.3 is 4.57 Å². The van der Waals surface area contributed by atoms with Crippen molar-refractivity contribution in [2.75, 3.05) is 0 Å². The average molecular weight is 294 g/mol. The molecule has 0 N–H and O–H groups in total. The molecule has 0 atom stereocenters. The molecule has 1 heterocycles. The summed E-state index contributed by atoms with van der Waals surface area (Å²) in [7, 11) is 0. The van der Waals surface area contributed by atoms with E-state index in [1.807, 2.05) is 6.07 Å². The zero-order valence-corrected chi connectivity index (χ0v) is 13.1. The predicted octanol–water partition coefficient (Wildman–Crippen LogP) is 4.78. The van der Waals surface area contributed by atoms with Crippen LogP contribution in [-0.2, 0) is 6.54 Å². The Bertz CT molecular complexity index is 780. The average Bonchev–Trinajstić information content (AvgIpc) is 2.93. The van der Waals surface area contributed by atoms with Gasteiger partial charge in [-0.2, -0.15) is 0 Å². The van der Waals surface area contributed by atoms with Gasteiger partial charge in [-0.25, -0.2) is 4.99 Å². The first-order chi connectivity index (χ1) is 10.3. The van der Waals surface area contributed by atoms with E-state index < -0.39 is 0 Å². The minimum absolute atomic E-state index is 0.915. The molecule has 0 radical (unpaired) electrons. The maximum absolute atomic E-state index is 4.78. The first-order valence-electron chi connectivity index (χ1n) is 7.13. The molecule has 0 saturated carbocycles. The van der Waals surface area contributed by atoms with Crippen LogP contribution in [0.25, 0.3) is 11.3 Å². The highest BCUT2D eigenvalue weighted by Gasteiger charge is 2.05. The molecule has 0 amide bonds. The highest BCUT2D eigenvalue weighted by molar-refractivity contribution is 7.07. The molecule has 21 heavy (non-hydrogen) atoms. The van der Waals surface area contributed by atoms with E-state index in [1.165, 1.54) is 16.8 Å². The van der Waals surface area contributed by atoms with Crippen molar-refractivity contribution < 1.29 is 0 Å². The van der Waals surface area contributed by atoms with E-state index in [4.69, 9.17) is 4.99 Å². The molecule has 0 saturated heterocycles. The lowest BCUT2D eigenvalue weighted by molar-refractivity contribution is 0.745. The molecule has 106 valence electrons. The zero-order chi connectivity index (χ0) is 14.7. The third-order valence-electron chi connectivity index (χ3n) is 3.44. The topological polar surface area (TPSA) is 17.3 Å². The lowest BCUT2D eigenvalue weighted by atomic mass is 10.2. The number of thiazole rings is 1. The first kappa shape index (κ1) is 13.8. The Morgan fingerprint density at radius 3 is 2.38 bits per heavy atom. The second-order valence-electron chi connectivity index (χ2n) is 4.96. The first-order valence-corrected chi connectivity index (χ1v) is 8.01. The van der Waals surface area contributed by atoms with E-state index in [0.29, 0.717) is 0 Å². The summed E-state index contributed by atoms with van der Waals surface area (Å²) in [6, 6.07) is 18.8. The van der Waals surface area contributed by atoms with Gasteiger partial charge in [-0.3, -0.25) is 0 Å². The predicted molar refractivity (Wildman–Crippen MR) is 89.8 cm³/mol. The molecule has 0 aliphatic heterocycles. The Labute approximate surface area is 129 Å². The molecular weight excluding hydrogens is 276 g/mol. The number of benzene rings is 2. The Hall–Kier alpha value is -2.13. The van der Waals surface area contributed by atoms with E-state index in [9.17, 15) is 0 Å². The fraction of sp³-hybridized carbons (Fsp3) is 0.167. The summed E-state index contributed by atoms with van der Waals surface area (Å²) in [5.74, 6) is 0. The quantitative estimate of drug-likeness (QED) is 0.661. The largest absolute Gasteiger partial charge is 0.317 e. The second kappa shape index (κ2) is 6.10. The van der Waals surface area contributed by atoms with E-state index >= 15 is 0 Å². The van der Waals surface area contributed by atoms with Crippen molar-refractivity contribution in [3.63, 3.8) is 0 Å². The summed E-state index contributed by atoms with van der Waals surface area (Å²) in [5.41, 5.74) is 4.73. The third-order valence-corrected chi connectivity index (χ3v) is 4.31. The molecular formula is C18H18N2S. The van der Waals surface area contributed by atoms with Crippen LogP contribution in [0.1, 0.15) is 12.5 Å². The van der Waals surface area contributed by atoms with E-state index in [1.54, 1.807) is 11.3 Å². The van der Waals surface area contributed by atoms with Gasteiger partial charge in [0.05, 0.1) is 11.4 Å². The molecule has 0 fully saturated rings. The number of rotatable bonds is 3. The summed E-state index contributed by atoms with van der Waals surface area (Å²) in [6.07, 6.45) is 0. The molecule has 2 nitrogen and oxygen atoms in total. The highest BCUT2D eigenvalue weighted by atomic mass is 32.1. The van der Waals surface area contributed by atoms with Crippen LogP contribution in [-0.4, -0.2) is 4.57 Å². The van der Waals surface area contributed by atoms with Gasteiger partial charge in [-0.1, -0.05) is 48.0 Å². The van der Waals surface area contributed by atoms with Gasteiger partial charge >= 0.3 is 0 Å². The van der Waals surface area contributed by atoms with Crippen molar-refractivity contribution in [3.05, 3.63) is 70.3 Å². The summed E-state index contributed by atoms with van der Waals surface area (Å²) in [5, 5.41) is 2.19. The minimum Gasteiger partial charge on any atom is -0.317 e. The Kier molecular flexibility index (Phi) is 4.02. The van der Waals surface area contributed by atoms with E-state index in [0.717, 1.165) is 17.0 Å². The Balaban J connectivity index is 2.08. The van der Waals surface area contributed by atoms with Crippen LogP contribution in [0, 0.1) is 6.92 Å². The summed E-state index contributed by atoms with van der Waals surface area (Å²) in [4.78, 5) is 5.82. The Morgan fingerprint density at radius 1 is 1.00 bits per heavy atom. The van der Waals surface area contributed by atoms with Crippen molar-refractivity contribution in [3.8, 4) is 11.3 Å². The van der Waals surface area contributed by atoms with Crippen LogP contribution >= 0.6 is 11.3 Å². The van der Waals surface area contributed by atoms with Crippen LogP contribution in [0.2, 0.25) is 0 Å². The smallest absolute Gasteiger partial charge is 0.190 e. The van der Waals surface area contributed by atoms with Crippen molar-refractivity contribution in [2.24, 2.45) is 4.99 Å². The molecule has 1 aromatic heterocycles. The summed E-state index contributed by atoms with van der Waals surface area (Å²) in [6.45, 7) is 5.17. The highest BCUT2D eigenvalue weighted by Crippen LogP contribution is 2.20. The maximum atomic E-state index is 4.78. The lowest BCUT2D eigenvalue weighted by Crippen LogP contribution is -2.14. The normalized spacial score (nSPS) is 11.8. The molecule has 0 bridgehead atoms. The van der Waals surface area contributed by atoms with Gasteiger partial charge in [0.1, 0.15) is 0 Å². The van der Waals surface area contributed by atoms with Crippen LogP contribution in [0.5, 0.6) is 0 Å². The fourth-order valence-electron chi connectivity index (χ4n) is 2.29. The summed E-state index contributed by atoms with van der Waals surface area (Å²) < 4.78 is 2.26. The number of hydrogen-bond acceptors (Lipinski definition) is 2. The lowest BCUT2D eigenvalue weighted by Gasteiger charge is -2.05. The molecule has 0 aliphatic rings. The standard InChI is InChI=1S/C18H18N2S/c1-3-20-17(15-7-5-4-6-8-15)13-21-18(20)19-16-11-9-14(2)10-12-16/h4-13H,3H2,1-2H3. The van der Waals surface area contributed by atoms with Crippen molar-refractivity contribution in [2.45, 2.75) is 20.4 Å². The van der Waals surface area contributed by atoms with Crippen molar-refractivity contribution in [1.29, 1.82) is 0 Å². The molecule has 0 spiro atoms. The molecule has 0 unspecified atom stereocenters. The van der Waals surface area contributed by atoms with Gasteiger partial charge in [-0.15, -0.1) is 11.3 Å². The minimum atomic E-state index is 0.915. The fourth-order valence-corrected chi connectivity index (χ4v) is 3.29. The molecule has 3 rings (SSSR count). The SMILES string of the molecule is CCn1c(-c2ccccc2)csc1=Nc1ccc(C)cc1. The number of nitrogens with zero attached hydrogens (tertiary/aromatic N) is 2. The van der Waals surface area contributed by atoms with Gasteiger partial charge in [0.15, 0.2) is 4.80 Å². The number of aryl methyl sites for hydroxylation is 1. The molecule has 2 aromatic carbocycles. The third kappa shape index (κ3) is 2.98.